The fourth-order valence-electron chi connectivity index (χ4n) is 2.10. The number of hydrogen-bond acceptors (Lipinski definition) is 5. The molecule has 1 amide bonds. The molecule has 6 nitrogen and oxygen atoms in total. The van der Waals surface area contributed by atoms with E-state index in [2.05, 4.69) is 5.32 Å². The topological polar surface area (TPSA) is 67.9 Å². The van der Waals surface area contributed by atoms with Gasteiger partial charge in [-0.3, -0.25) is 4.79 Å². The molecule has 0 aromatic heterocycles. The van der Waals surface area contributed by atoms with Crippen LogP contribution in [0.4, 0.5) is 11.4 Å². The van der Waals surface area contributed by atoms with E-state index in [9.17, 15) is 9.59 Å². The van der Waals surface area contributed by atoms with Crippen LogP contribution in [0.5, 0.6) is 5.75 Å². The Morgan fingerprint density at radius 2 is 1.60 bits per heavy atom. The van der Waals surface area contributed by atoms with Gasteiger partial charge in [-0.05, 0) is 55.5 Å². The largest absolute Gasteiger partial charge is 0.497 e. The van der Waals surface area contributed by atoms with Gasteiger partial charge < -0.3 is 19.7 Å². The zero-order chi connectivity index (χ0) is 18.4. The van der Waals surface area contributed by atoms with E-state index in [1.54, 1.807) is 43.5 Å². The number of benzene rings is 2. The maximum atomic E-state index is 12.2. The zero-order valence-corrected chi connectivity index (χ0v) is 14.8. The maximum absolute atomic E-state index is 12.2. The Bertz CT molecular complexity index is 724. The maximum Gasteiger partial charge on any atom is 0.338 e. The summed E-state index contributed by atoms with van der Waals surface area (Å²) in [5, 5.41) is 2.73. The van der Waals surface area contributed by atoms with Gasteiger partial charge in [-0.2, -0.15) is 0 Å². The minimum atomic E-state index is -0.914. The molecule has 0 radical (unpaired) electrons. The molecule has 0 aliphatic rings. The van der Waals surface area contributed by atoms with Crippen molar-refractivity contribution in [3.63, 3.8) is 0 Å². The van der Waals surface area contributed by atoms with Gasteiger partial charge in [0.2, 0.25) is 0 Å². The summed E-state index contributed by atoms with van der Waals surface area (Å²) in [5.74, 6) is -0.309. The molecule has 25 heavy (non-hydrogen) atoms. The van der Waals surface area contributed by atoms with Crippen LogP contribution in [0.1, 0.15) is 17.3 Å². The highest BCUT2D eigenvalue weighted by atomic mass is 16.5. The van der Waals surface area contributed by atoms with Crippen LogP contribution in [0.15, 0.2) is 48.5 Å². The van der Waals surface area contributed by atoms with E-state index in [0.717, 1.165) is 5.69 Å². The first-order valence-corrected chi connectivity index (χ1v) is 7.84. The highest BCUT2D eigenvalue weighted by Crippen LogP contribution is 2.16. The van der Waals surface area contributed by atoms with Gasteiger partial charge in [-0.1, -0.05) is 0 Å². The highest BCUT2D eigenvalue weighted by molar-refractivity contribution is 5.97. The average molecular weight is 342 g/mol. The Kier molecular flexibility index (Phi) is 6.00. The van der Waals surface area contributed by atoms with Crippen molar-refractivity contribution in [3.05, 3.63) is 54.1 Å². The molecule has 0 bridgehead atoms. The van der Waals surface area contributed by atoms with Gasteiger partial charge in [0.05, 0.1) is 12.7 Å². The van der Waals surface area contributed by atoms with Crippen molar-refractivity contribution < 1.29 is 19.1 Å². The molecule has 0 aliphatic carbocycles. The first-order valence-electron chi connectivity index (χ1n) is 7.84. The molecule has 1 unspecified atom stereocenters. The van der Waals surface area contributed by atoms with Gasteiger partial charge in [0.1, 0.15) is 5.75 Å². The summed E-state index contributed by atoms with van der Waals surface area (Å²) >= 11 is 0. The van der Waals surface area contributed by atoms with Crippen LogP contribution in [0.25, 0.3) is 0 Å². The number of ether oxygens (including phenoxy) is 2. The van der Waals surface area contributed by atoms with Crippen molar-refractivity contribution in [3.8, 4) is 5.75 Å². The number of nitrogens with zero attached hydrogens (tertiary/aromatic N) is 1. The quantitative estimate of drug-likeness (QED) is 0.818. The monoisotopic (exact) mass is 342 g/mol. The van der Waals surface area contributed by atoms with Crippen LogP contribution >= 0.6 is 0 Å². The van der Waals surface area contributed by atoms with Gasteiger partial charge in [0.15, 0.2) is 6.10 Å². The number of carbonyl (C=O) groups excluding carboxylic acids is 2. The zero-order valence-electron chi connectivity index (χ0n) is 14.8. The highest BCUT2D eigenvalue weighted by Gasteiger charge is 2.19. The predicted octanol–water partition coefficient (Wildman–Crippen LogP) is 2.95. The molecule has 2 aromatic rings. The lowest BCUT2D eigenvalue weighted by Gasteiger charge is -2.15. The summed E-state index contributed by atoms with van der Waals surface area (Å²) in [6.45, 7) is 1.53. The standard InChI is InChI=1S/C19H22N2O4/c1-13(25-19(23)14-5-11-17(24-4)12-6-14)18(22)20-15-7-9-16(10-8-15)21(2)3/h5-13H,1-4H3,(H,20,22). The molecule has 1 N–H and O–H groups in total. The van der Waals surface area contributed by atoms with Crippen molar-refractivity contribution in [2.45, 2.75) is 13.0 Å². The number of amides is 1. The van der Waals surface area contributed by atoms with Crippen LogP contribution in [0.2, 0.25) is 0 Å². The molecular weight excluding hydrogens is 320 g/mol. The molecule has 0 saturated carbocycles. The number of anilines is 2. The molecule has 0 fully saturated rings. The lowest BCUT2D eigenvalue weighted by molar-refractivity contribution is -0.123. The number of methoxy groups -OCH3 is 1. The summed E-state index contributed by atoms with van der Waals surface area (Å²) < 4.78 is 10.2. The Morgan fingerprint density at radius 1 is 1.00 bits per heavy atom. The third kappa shape index (κ3) is 4.97. The SMILES string of the molecule is COc1ccc(C(=O)OC(C)C(=O)Nc2ccc(N(C)C)cc2)cc1. The molecular formula is C19H22N2O4. The van der Waals surface area contributed by atoms with Gasteiger partial charge in [-0.15, -0.1) is 0 Å². The van der Waals surface area contributed by atoms with Crippen LogP contribution in [0.3, 0.4) is 0 Å². The van der Waals surface area contributed by atoms with Crippen molar-refractivity contribution in [2.24, 2.45) is 0 Å². The predicted molar refractivity (Wildman–Crippen MR) is 97.3 cm³/mol. The molecule has 0 aliphatic heterocycles. The number of rotatable bonds is 6. The summed E-state index contributed by atoms with van der Waals surface area (Å²) in [7, 11) is 5.42. The number of nitrogens with one attached hydrogen (secondary N) is 1. The summed E-state index contributed by atoms with van der Waals surface area (Å²) in [4.78, 5) is 26.2. The smallest absolute Gasteiger partial charge is 0.338 e. The van der Waals surface area contributed by atoms with Gasteiger partial charge >= 0.3 is 5.97 Å². The number of hydrogen-bond donors (Lipinski definition) is 1. The van der Waals surface area contributed by atoms with Crippen LogP contribution < -0.4 is 15.0 Å². The minimum absolute atomic E-state index is 0.357. The summed E-state index contributed by atoms with van der Waals surface area (Å²) in [5.41, 5.74) is 2.02. The Hall–Kier alpha value is -3.02. The molecule has 0 spiro atoms. The normalized spacial score (nSPS) is 11.4. The second-order valence-electron chi connectivity index (χ2n) is 5.71. The fourth-order valence-corrected chi connectivity index (χ4v) is 2.10. The van der Waals surface area contributed by atoms with E-state index in [1.807, 2.05) is 31.1 Å². The number of esters is 1. The minimum Gasteiger partial charge on any atom is -0.497 e. The van der Waals surface area contributed by atoms with E-state index in [4.69, 9.17) is 9.47 Å². The van der Waals surface area contributed by atoms with Crippen molar-refractivity contribution in [1.29, 1.82) is 0 Å². The molecule has 0 heterocycles. The van der Waals surface area contributed by atoms with E-state index in [1.165, 1.54) is 6.92 Å². The number of carbonyl (C=O) groups is 2. The van der Waals surface area contributed by atoms with Gasteiger partial charge in [0, 0.05) is 25.5 Å². The average Bonchev–Trinajstić information content (AvgIpc) is 2.62. The third-order valence-corrected chi connectivity index (χ3v) is 3.63. The second-order valence-corrected chi connectivity index (χ2v) is 5.71. The first-order chi connectivity index (χ1) is 11.9. The Morgan fingerprint density at radius 3 is 2.12 bits per heavy atom. The summed E-state index contributed by atoms with van der Waals surface area (Å²) in [6, 6.07) is 13.9. The second kappa shape index (κ2) is 8.19. The van der Waals surface area contributed by atoms with Crippen molar-refractivity contribution >= 4 is 23.3 Å². The molecule has 6 heteroatoms. The molecule has 0 saturated heterocycles. The van der Waals surface area contributed by atoms with Crippen LogP contribution in [0, 0.1) is 0 Å². The lowest BCUT2D eigenvalue weighted by Crippen LogP contribution is -2.30. The molecule has 132 valence electrons. The van der Waals surface area contributed by atoms with E-state index in [-0.39, 0.29) is 5.91 Å². The van der Waals surface area contributed by atoms with Gasteiger partial charge in [-0.25, -0.2) is 4.79 Å². The van der Waals surface area contributed by atoms with Crippen LogP contribution in [-0.4, -0.2) is 39.2 Å². The Balaban J connectivity index is 1.93. The third-order valence-electron chi connectivity index (χ3n) is 3.63. The molecule has 2 aromatic carbocycles. The molecule has 1 atom stereocenters. The van der Waals surface area contributed by atoms with E-state index in [0.29, 0.717) is 17.0 Å². The first kappa shape index (κ1) is 18.3. The lowest BCUT2D eigenvalue weighted by atomic mass is 10.2. The van der Waals surface area contributed by atoms with E-state index >= 15 is 0 Å². The Labute approximate surface area is 147 Å². The summed E-state index contributed by atoms with van der Waals surface area (Å²) in [6.07, 6.45) is -0.914. The van der Waals surface area contributed by atoms with Crippen LogP contribution in [-0.2, 0) is 9.53 Å². The van der Waals surface area contributed by atoms with Gasteiger partial charge in [0.25, 0.3) is 5.91 Å². The van der Waals surface area contributed by atoms with Crippen molar-refractivity contribution in [1.82, 2.24) is 0 Å². The van der Waals surface area contributed by atoms with E-state index < -0.39 is 12.1 Å². The fraction of sp³-hybridized carbons (Fsp3) is 0.263. The molecule has 2 rings (SSSR count). The van der Waals surface area contributed by atoms with Crippen molar-refractivity contribution in [2.75, 3.05) is 31.4 Å².